The van der Waals surface area contributed by atoms with Crippen LogP contribution in [0, 0.1) is 17.0 Å². The molecule has 0 atom stereocenters. The number of pyridine rings is 1. The van der Waals surface area contributed by atoms with Crippen LogP contribution in [-0.2, 0) is 5.75 Å². The van der Waals surface area contributed by atoms with Crippen molar-refractivity contribution in [2.24, 2.45) is 0 Å². The van der Waals surface area contributed by atoms with Crippen molar-refractivity contribution in [3.05, 3.63) is 58.2 Å². The Morgan fingerprint density at radius 1 is 1.48 bits per heavy atom. The van der Waals surface area contributed by atoms with E-state index in [1.165, 1.54) is 24.0 Å². The van der Waals surface area contributed by atoms with Gasteiger partial charge in [-0.3, -0.25) is 15.1 Å². The lowest BCUT2D eigenvalue weighted by molar-refractivity contribution is -0.385. The van der Waals surface area contributed by atoms with Gasteiger partial charge in [-0.2, -0.15) is 0 Å². The molecular formula is C14H14N4O2S. The van der Waals surface area contributed by atoms with Crippen LogP contribution in [0.25, 0.3) is 12.2 Å². The Morgan fingerprint density at radius 2 is 2.24 bits per heavy atom. The highest BCUT2D eigenvalue weighted by molar-refractivity contribution is 7.98. The number of H-pyrrole nitrogens is 1. The van der Waals surface area contributed by atoms with Gasteiger partial charge in [0.1, 0.15) is 0 Å². The lowest BCUT2D eigenvalue weighted by Crippen LogP contribution is -1.98. The van der Waals surface area contributed by atoms with Crippen molar-refractivity contribution in [3.8, 4) is 0 Å². The van der Waals surface area contributed by atoms with Crippen LogP contribution >= 0.6 is 11.8 Å². The average Bonchev–Trinajstić information content (AvgIpc) is 2.88. The van der Waals surface area contributed by atoms with Crippen molar-refractivity contribution in [2.75, 3.05) is 0 Å². The van der Waals surface area contributed by atoms with E-state index in [-0.39, 0.29) is 5.69 Å². The predicted molar refractivity (Wildman–Crippen MR) is 84.0 cm³/mol. The molecule has 108 valence electrons. The molecule has 0 spiro atoms. The van der Waals surface area contributed by atoms with Gasteiger partial charge in [-0.15, -0.1) is 0 Å². The van der Waals surface area contributed by atoms with E-state index in [0.717, 1.165) is 11.4 Å². The van der Waals surface area contributed by atoms with Crippen LogP contribution in [0.3, 0.4) is 0 Å². The molecule has 0 amide bonds. The number of aromatic nitrogens is 3. The van der Waals surface area contributed by atoms with E-state index in [4.69, 9.17) is 0 Å². The number of hydrogen-bond acceptors (Lipinski definition) is 5. The molecule has 7 heteroatoms. The third-order valence-corrected chi connectivity index (χ3v) is 3.84. The molecule has 0 saturated heterocycles. The molecule has 0 unspecified atom stereocenters. The summed E-state index contributed by atoms with van der Waals surface area (Å²) in [5.41, 5.74) is 2.87. The van der Waals surface area contributed by atoms with E-state index in [9.17, 15) is 10.1 Å². The van der Waals surface area contributed by atoms with Gasteiger partial charge >= 0.3 is 0 Å². The third kappa shape index (κ3) is 3.19. The normalized spacial score (nSPS) is 10.3. The standard InChI is InChI=1S/C14H14N4O2S/c1-4-10-11(5-2)17-14(16-10)21-8-12-9(3)13(18(19)20)6-7-15-12/h4-7H,1-2,8H2,3H3,(H,16,17). The number of hydrogen-bond donors (Lipinski definition) is 1. The molecule has 21 heavy (non-hydrogen) atoms. The Hall–Kier alpha value is -2.41. The number of nitro groups is 1. The molecule has 6 nitrogen and oxygen atoms in total. The quantitative estimate of drug-likeness (QED) is 0.500. The third-order valence-electron chi connectivity index (χ3n) is 2.96. The minimum absolute atomic E-state index is 0.0820. The van der Waals surface area contributed by atoms with Crippen LogP contribution in [0.5, 0.6) is 0 Å². The van der Waals surface area contributed by atoms with Gasteiger partial charge in [-0.1, -0.05) is 24.9 Å². The second kappa shape index (κ2) is 6.36. The first-order valence-electron chi connectivity index (χ1n) is 6.13. The van der Waals surface area contributed by atoms with E-state index in [1.54, 1.807) is 19.1 Å². The minimum Gasteiger partial charge on any atom is -0.333 e. The fraction of sp³-hybridized carbons (Fsp3) is 0.143. The maximum Gasteiger partial charge on any atom is 0.275 e. The van der Waals surface area contributed by atoms with Gasteiger partial charge in [0, 0.05) is 23.6 Å². The largest absolute Gasteiger partial charge is 0.333 e. The van der Waals surface area contributed by atoms with Crippen molar-refractivity contribution in [3.63, 3.8) is 0 Å². The Labute approximate surface area is 126 Å². The Bertz CT molecular complexity index is 683. The van der Waals surface area contributed by atoms with Gasteiger partial charge in [0.05, 0.1) is 22.0 Å². The lowest BCUT2D eigenvalue weighted by Gasteiger charge is -2.03. The van der Waals surface area contributed by atoms with Crippen molar-refractivity contribution in [1.82, 2.24) is 15.0 Å². The molecule has 0 bridgehead atoms. The van der Waals surface area contributed by atoms with Crippen molar-refractivity contribution >= 4 is 29.6 Å². The van der Waals surface area contributed by atoms with Crippen LogP contribution in [0.1, 0.15) is 22.6 Å². The van der Waals surface area contributed by atoms with Gasteiger partial charge < -0.3 is 4.98 Å². The van der Waals surface area contributed by atoms with Gasteiger partial charge in [-0.05, 0) is 19.1 Å². The summed E-state index contributed by atoms with van der Waals surface area (Å²) in [4.78, 5) is 22.2. The van der Waals surface area contributed by atoms with Crippen LogP contribution in [0.15, 0.2) is 30.6 Å². The van der Waals surface area contributed by atoms with Crippen molar-refractivity contribution in [1.29, 1.82) is 0 Å². The number of thioether (sulfide) groups is 1. The van der Waals surface area contributed by atoms with Crippen molar-refractivity contribution in [2.45, 2.75) is 17.8 Å². The fourth-order valence-electron chi connectivity index (χ4n) is 1.80. The summed E-state index contributed by atoms with van der Waals surface area (Å²) in [6.45, 7) is 9.09. The zero-order chi connectivity index (χ0) is 15.4. The van der Waals surface area contributed by atoms with E-state index < -0.39 is 4.92 Å². The summed E-state index contributed by atoms with van der Waals surface area (Å²) >= 11 is 1.43. The molecule has 0 aliphatic heterocycles. The van der Waals surface area contributed by atoms with Crippen molar-refractivity contribution < 1.29 is 4.92 Å². The van der Waals surface area contributed by atoms with E-state index in [1.807, 2.05) is 0 Å². The summed E-state index contributed by atoms with van der Waals surface area (Å²) < 4.78 is 0. The predicted octanol–water partition coefficient (Wildman–Crippen LogP) is 3.60. The summed E-state index contributed by atoms with van der Waals surface area (Å²) in [5, 5.41) is 11.6. The summed E-state index contributed by atoms with van der Waals surface area (Å²) in [6.07, 6.45) is 4.77. The number of nitrogens with one attached hydrogen (secondary N) is 1. The van der Waals surface area contributed by atoms with E-state index in [0.29, 0.717) is 22.2 Å². The summed E-state index contributed by atoms with van der Waals surface area (Å²) in [5.74, 6) is 0.494. The molecule has 0 aliphatic carbocycles. The molecular weight excluding hydrogens is 288 g/mol. The molecule has 0 aliphatic rings. The Balaban J connectivity index is 2.18. The van der Waals surface area contributed by atoms with Crippen LogP contribution < -0.4 is 0 Å². The highest BCUT2D eigenvalue weighted by atomic mass is 32.2. The minimum atomic E-state index is -0.399. The Morgan fingerprint density at radius 3 is 2.81 bits per heavy atom. The maximum absolute atomic E-state index is 10.9. The highest BCUT2D eigenvalue weighted by Crippen LogP contribution is 2.26. The Kier molecular flexibility index (Phi) is 4.54. The highest BCUT2D eigenvalue weighted by Gasteiger charge is 2.15. The lowest BCUT2D eigenvalue weighted by atomic mass is 10.2. The number of imidazole rings is 1. The summed E-state index contributed by atoms with van der Waals surface area (Å²) in [7, 11) is 0. The van der Waals surface area contributed by atoms with Crippen LogP contribution in [-0.4, -0.2) is 19.9 Å². The van der Waals surface area contributed by atoms with Crippen LogP contribution in [0.4, 0.5) is 5.69 Å². The topological polar surface area (TPSA) is 84.7 Å². The fourth-order valence-corrected chi connectivity index (χ4v) is 2.71. The zero-order valence-corrected chi connectivity index (χ0v) is 12.3. The van der Waals surface area contributed by atoms with Gasteiger partial charge in [0.25, 0.3) is 5.69 Å². The molecule has 2 aromatic rings. The maximum atomic E-state index is 10.9. The molecule has 0 saturated carbocycles. The van der Waals surface area contributed by atoms with Gasteiger partial charge in [0.15, 0.2) is 5.16 Å². The molecule has 0 radical (unpaired) electrons. The SMILES string of the molecule is C=Cc1nc(SCc2nccc([N+](=O)[O-])c2C)[nH]c1C=C. The second-order valence-electron chi connectivity index (χ2n) is 4.20. The average molecular weight is 302 g/mol. The van der Waals surface area contributed by atoms with Crippen LogP contribution in [0.2, 0.25) is 0 Å². The molecule has 1 N–H and O–H groups in total. The number of aromatic amines is 1. The van der Waals surface area contributed by atoms with E-state index in [2.05, 4.69) is 28.1 Å². The first-order chi connectivity index (χ1) is 10.1. The molecule has 0 fully saturated rings. The molecule has 2 aromatic heterocycles. The second-order valence-corrected chi connectivity index (χ2v) is 5.16. The first-order valence-corrected chi connectivity index (χ1v) is 7.12. The summed E-state index contributed by atoms with van der Waals surface area (Å²) in [6, 6.07) is 1.40. The smallest absolute Gasteiger partial charge is 0.275 e. The molecule has 2 rings (SSSR count). The number of nitrogens with zero attached hydrogens (tertiary/aromatic N) is 3. The monoisotopic (exact) mass is 302 g/mol. The number of rotatable bonds is 6. The van der Waals surface area contributed by atoms with E-state index >= 15 is 0 Å². The molecule has 2 heterocycles. The molecule has 0 aromatic carbocycles. The zero-order valence-electron chi connectivity index (χ0n) is 11.5. The first kappa shape index (κ1) is 15.0. The van der Waals surface area contributed by atoms with Gasteiger partial charge in [-0.25, -0.2) is 4.98 Å². The van der Waals surface area contributed by atoms with Gasteiger partial charge in [0.2, 0.25) is 0 Å².